The summed E-state index contributed by atoms with van der Waals surface area (Å²) in [5.41, 5.74) is 0. The average Bonchev–Trinajstić information content (AvgIpc) is 2.11. The fourth-order valence-corrected chi connectivity index (χ4v) is 1.40. The highest BCUT2D eigenvalue weighted by molar-refractivity contribution is 9.08. The average molecular weight is 266 g/mol. The first kappa shape index (κ1) is 8.52. The second-order valence-electron chi connectivity index (χ2n) is 1.36. The van der Waals surface area contributed by atoms with Crippen molar-refractivity contribution in [3.05, 3.63) is 5.82 Å². The van der Waals surface area contributed by atoms with Gasteiger partial charge in [-0.05, 0) is 10.4 Å². The zero-order valence-corrected chi connectivity index (χ0v) is 8.15. The van der Waals surface area contributed by atoms with Crippen LogP contribution in [0.4, 0.5) is 0 Å². The van der Waals surface area contributed by atoms with E-state index in [1.165, 1.54) is 0 Å². The van der Waals surface area contributed by atoms with E-state index >= 15 is 0 Å². The van der Waals surface area contributed by atoms with Gasteiger partial charge >= 0.3 is 0 Å². The molecule has 0 fully saturated rings. The maximum atomic E-state index is 5.44. The van der Waals surface area contributed by atoms with Crippen molar-refractivity contribution in [2.75, 3.05) is 0 Å². The molecule has 0 aliphatic rings. The van der Waals surface area contributed by atoms with E-state index in [1.807, 2.05) is 0 Å². The summed E-state index contributed by atoms with van der Waals surface area (Å²) in [6.07, 6.45) is 0. The van der Waals surface area contributed by atoms with Crippen LogP contribution in [0, 0.1) is 0 Å². The van der Waals surface area contributed by atoms with Crippen LogP contribution in [0.1, 0.15) is 5.82 Å². The van der Waals surface area contributed by atoms with Crippen LogP contribution in [0.25, 0.3) is 0 Å². The first-order chi connectivity index (χ1) is 4.52. The molecule has 1 rings (SSSR count). The van der Waals surface area contributed by atoms with Crippen LogP contribution in [0.3, 0.4) is 0 Å². The fourth-order valence-electron chi connectivity index (χ4n) is 0.338. The maximum absolute atomic E-state index is 5.44. The lowest BCUT2D eigenvalue weighted by Crippen LogP contribution is -2.06. The molecule has 0 saturated heterocycles. The van der Waals surface area contributed by atoms with Gasteiger partial charge in [0.2, 0.25) is 5.82 Å². The molecule has 0 amide bonds. The lowest BCUT2D eigenvalue weighted by atomic mass is 10.7. The Morgan fingerprint density at radius 3 is 2.20 bits per heavy atom. The molecule has 0 bridgehead atoms. The normalized spacial score (nSPS) is 12.0. The third kappa shape index (κ3) is 1.72. The minimum Gasteiger partial charge on any atom is -0.157 e. The topological polar surface area (TPSA) is 43.6 Å². The number of rotatable bonds is 0. The summed E-state index contributed by atoms with van der Waals surface area (Å²) in [6.45, 7) is 0. The minimum absolute atomic E-state index is 0.123. The highest BCUT2D eigenvalue weighted by Gasteiger charge is 2.29. The summed E-state index contributed by atoms with van der Waals surface area (Å²) in [5, 5.41) is 10.1. The molecule has 0 unspecified atom stereocenters. The standard InChI is InChI=1S/C2BrCl3N4/c3-10-1(2(4,5)6)7-8-9-10. The molecule has 4 nitrogen and oxygen atoms in total. The van der Waals surface area contributed by atoms with Gasteiger partial charge in [0, 0.05) is 0 Å². The fraction of sp³-hybridized carbons (Fsp3) is 0.500. The molecular weight excluding hydrogens is 266 g/mol. The number of alkyl halides is 3. The Labute approximate surface area is 79.8 Å². The van der Waals surface area contributed by atoms with Gasteiger partial charge in [-0.15, -0.1) is 5.10 Å². The molecular formula is C2BrCl3N4. The Kier molecular flexibility index (Phi) is 2.39. The van der Waals surface area contributed by atoms with Crippen molar-refractivity contribution in [3.63, 3.8) is 0 Å². The molecule has 8 heteroatoms. The Morgan fingerprint density at radius 1 is 1.40 bits per heavy atom. The van der Waals surface area contributed by atoms with Crippen LogP contribution >= 0.6 is 51.0 Å². The van der Waals surface area contributed by atoms with Crippen LogP contribution in [0.5, 0.6) is 0 Å². The van der Waals surface area contributed by atoms with Gasteiger partial charge in [0.15, 0.2) is 0 Å². The van der Waals surface area contributed by atoms with E-state index in [1.54, 1.807) is 0 Å². The van der Waals surface area contributed by atoms with Gasteiger partial charge in [0.05, 0.1) is 16.1 Å². The van der Waals surface area contributed by atoms with Gasteiger partial charge in [-0.2, -0.15) is 3.71 Å². The van der Waals surface area contributed by atoms with Gasteiger partial charge in [-0.25, -0.2) is 0 Å². The van der Waals surface area contributed by atoms with E-state index in [9.17, 15) is 0 Å². The zero-order chi connectivity index (χ0) is 7.78. The van der Waals surface area contributed by atoms with Crippen molar-refractivity contribution in [2.45, 2.75) is 3.79 Å². The Bertz CT molecular complexity index is 229. The van der Waals surface area contributed by atoms with E-state index in [4.69, 9.17) is 34.8 Å². The molecule has 0 saturated carbocycles. The summed E-state index contributed by atoms with van der Waals surface area (Å²) in [6, 6.07) is 0. The Balaban J connectivity index is 3.05. The summed E-state index contributed by atoms with van der Waals surface area (Å²) in [5.74, 6) is 0.123. The molecule has 0 aliphatic heterocycles. The van der Waals surface area contributed by atoms with Crippen LogP contribution < -0.4 is 0 Å². The molecule has 0 spiro atoms. The van der Waals surface area contributed by atoms with E-state index in [2.05, 4.69) is 31.7 Å². The smallest absolute Gasteiger partial charge is 0.157 e. The molecule has 1 aromatic heterocycles. The molecule has 0 aromatic carbocycles. The second kappa shape index (κ2) is 2.81. The van der Waals surface area contributed by atoms with Crippen molar-refractivity contribution in [2.24, 2.45) is 0 Å². The Hall–Kier alpha value is 0.420. The second-order valence-corrected chi connectivity index (χ2v) is 4.31. The van der Waals surface area contributed by atoms with Gasteiger partial charge in [0.25, 0.3) is 3.79 Å². The summed E-state index contributed by atoms with van der Waals surface area (Å²) in [4.78, 5) is 0. The molecule has 0 radical (unpaired) electrons. The van der Waals surface area contributed by atoms with E-state index in [0.717, 1.165) is 3.71 Å². The van der Waals surface area contributed by atoms with Crippen LogP contribution in [0.15, 0.2) is 0 Å². The molecule has 56 valence electrons. The summed E-state index contributed by atoms with van der Waals surface area (Å²) >= 11 is 19.3. The van der Waals surface area contributed by atoms with Gasteiger partial charge in [-0.3, -0.25) is 0 Å². The molecule has 1 heterocycles. The third-order valence-corrected chi connectivity index (χ3v) is 1.67. The molecule has 0 aliphatic carbocycles. The number of tetrazole rings is 1. The third-order valence-electron chi connectivity index (χ3n) is 0.686. The molecule has 0 atom stereocenters. The highest BCUT2D eigenvalue weighted by atomic mass is 79.9. The Morgan fingerprint density at radius 2 is 2.00 bits per heavy atom. The monoisotopic (exact) mass is 264 g/mol. The number of aromatic nitrogens is 4. The first-order valence-electron chi connectivity index (χ1n) is 2.03. The highest BCUT2D eigenvalue weighted by Crippen LogP contribution is 2.36. The largest absolute Gasteiger partial charge is 0.252 e. The van der Waals surface area contributed by atoms with E-state index in [-0.39, 0.29) is 5.82 Å². The van der Waals surface area contributed by atoms with Gasteiger partial charge < -0.3 is 0 Å². The van der Waals surface area contributed by atoms with Crippen molar-refractivity contribution in [1.29, 1.82) is 0 Å². The summed E-state index contributed by atoms with van der Waals surface area (Å²) < 4.78 is -0.479. The van der Waals surface area contributed by atoms with Crippen molar-refractivity contribution < 1.29 is 0 Å². The van der Waals surface area contributed by atoms with Crippen molar-refractivity contribution in [3.8, 4) is 0 Å². The predicted octanol–water partition coefficient (Wildman–Crippen LogP) is 1.66. The summed E-state index contributed by atoms with van der Waals surface area (Å²) in [7, 11) is 0. The van der Waals surface area contributed by atoms with E-state index < -0.39 is 3.79 Å². The molecule has 1 aromatic rings. The lowest BCUT2D eigenvalue weighted by Gasteiger charge is -2.04. The maximum Gasteiger partial charge on any atom is 0.252 e. The van der Waals surface area contributed by atoms with Crippen LogP contribution in [0.2, 0.25) is 0 Å². The van der Waals surface area contributed by atoms with E-state index in [0.29, 0.717) is 0 Å². The van der Waals surface area contributed by atoms with Crippen LogP contribution in [-0.4, -0.2) is 19.2 Å². The minimum atomic E-state index is -1.59. The van der Waals surface area contributed by atoms with Gasteiger partial charge in [0.1, 0.15) is 0 Å². The number of nitrogens with zero attached hydrogens (tertiary/aromatic N) is 4. The first-order valence-corrected chi connectivity index (χ1v) is 3.88. The SMILES string of the molecule is ClC(Cl)(Cl)c1nnnn1Br. The number of hydrogen-bond donors (Lipinski definition) is 0. The van der Waals surface area contributed by atoms with Crippen LogP contribution in [-0.2, 0) is 3.79 Å². The van der Waals surface area contributed by atoms with Crippen molar-refractivity contribution >= 4 is 51.0 Å². The molecule has 0 N–H and O–H groups in total. The number of halogens is 4. The quantitative estimate of drug-likeness (QED) is 0.671. The number of hydrogen-bond acceptors (Lipinski definition) is 3. The van der Waals surface area contributed by atoms with Crippen molar-refractivity contribution in [1.82, 2.24) is 19.2 Å². The lowest BCUT2D eigenvalue weighted by molar-refractivity contribution is 0.859. The molecule has 10 heavy (non-hydrogen) atoms. The predicted molar refractivity (Wildman–Crippen MR) is 41.4 cm³/mol. The van der Waals surface area contributed by atoms with Gasteiger partial charge in [-0.1, -0.05) is 34.8 Å². The zero-order valence-electron chi connectivity index (χ0n) is 4.30.